The van der Waals surface area contributed by atoms with Crippen molar-refractivity contribution in [1.29, 1.82) is 0 Å². The summed E-state index contributed by atoms with van der Waals surface area (Å²) in [5.41, 5.74) is 0.437. The lowest BCUT2D eigenvalue weighted by atomic mass is 10.2. The highest BCUT2D eigenvalue weighted by atomic mass is 19.4. The molecule has 0 radical (unpaired) electrons. The van der Waals surface area contributed by atoms with Gasteiger partial charge >= 0.3 is 6.30 Å². The van der Waals surface area contributed by atoms with E-state index in [4.69, 9.17) is 0 Å². The van der Waals surface area contributed by atoms with Crippen molar-refractivity contribution in [3.63, 3.8) is 0 Å². The van der Waals surface area contributed by atoms with Gasteiger partial charge < -0.3 is 0 Å². The molecular formula is C11H13F4N. The Morgan fingerprint density at radius 2 is 1.62 bits per heavy atom. The zero-order valence-electron chi connectivity index (χ0n) is 9.05. The van der Waals surface area contributed by atoms with Crippen molar-refractivity contribution < 1.29 is 17.6 Å². The molecule has 0 aliphatic rings. The van der Waals surface area contributed by atoms with E-state index in [1.54, 1.807) is 0 Å². The molecule has 1 aromatic rings. The van der Waals surface area contributed by atoms with Gasteiger partial charge in [-0.3, -0.25) is 0 Å². The first-order valence-corrected chi connectivity index (χ1v) is 4.88. The van der Waals surface area contributed by atoms with Crippen LogP contribution in [0.25, 0.3) is 0 Å². The van der Waals surface area contributed by atoms with Crippen LogP contribution in [0.4, 0.5) is 17.6 Å². The van der Waals surface area contributed by atoms with Gasteiger partial charge in [-0.25, -0.2) is 9.29 Å². The average molecular weight is 235 g/mol. The van der Waals surface area contributed by atoms with Gasteiger partial charge in [0.2, 0.25) is 0 Å². The molecule has 1 nitrogen and oxygen atoms in total. The van der Waals surface area contributed by atoms with Crippen LogP contribution in [-0.2, 0) is 6.54 Å². The van der Waals surface area contributed by atoms with Gasteiger partial charge in [-0.05, 0) is 31.5 Å². The SMILES string of the molecule is CC(C)N(Cc1ccc(F)cc1)C(F)(F)F. The van der Waals surface area contributed by atoms with Gasteiger partial charge in [0.1, 0.15) is 5.82 Å². The van der Waals surface area contributed by atoms with Crippen molar-refractivity contribution in [3.8, 4) is 0 Å². The molecule has 0 spiro atoms. The molecule has 0 bridgehead atoms. The molecule has 1 rings (SSSR count). The van der Waals surface area contributed by atoms with Gasteiger partial charge in [0.25, 0.3) is 0 Å². The summed E-state index contributed by atoms with van der Waals surface area (Å²) in [6.07, 6.45) is -4.37. The van der Waals surface area contributed by atoms with E-state index in [0.717, 1.165) is 12.1 Å². The van der Waals surface area contributed by atoms with Gasteiger partial charge in [0.15, 0.2) is 0 Å². The predicted molar refractivity (Wildman–Crippen MR) is 53.1 cm³/mol. The number of alkyl halides is 3. The van der Waals surface area contributed by atoms with Gasteiger partial charge in [-0.15, -0.1) is 0 Å². The first kappa shape index (κ1) is 13.0. The van der Waals surface area contributed by atoms with E-state index in [-0.39, 0.29) is 6.54 Å². The molecule has 0 aliphatic carbocycles. The lowest BCUT2D eigenvalue weighted by molar-refractivity contribution is -0.259. The quantitative estimate of drug-likeness (QED) is 0.572. The molecule has 0 saturated carbocycles. The topological polar surface area (TPSA) is 3.24 Å². The summed E-state index contributed by atoms with van der Waals surface area (Å²) in [7, 11) is 0. The Morgan fingerprint density at radius 3 is 2.00 bits per heavy atom. The Bertz CT molecular complexity index is 329. The van der Waals surface area contributed by atoms with Crippen LogP contribution in [0.5, 0.6) is 0 Å². The second-order valence-electron chi connectivity index (χ2n) is 3.82. The lowest BCUT2D eigenvalue weighted by Gasteiger charge is -2.28. The number of rotatable bonds is 3. The third kappa shape index (κ3) is 3.48. The summed E-state index contributed by atoms with van der Waals surface area (Å²) >= 11 is 0. The highest BCUT2D eigenvalue weighted by Gasteiger charge is 2.38. The van der Waals surface area contributed by atoms with Crippen molar-refractivity contribution in [2.24, 2.45) is 0 Å². The zero-order valence-corrected chi connectivity index (χ0v) is 9.05. The largest absolute Gasteiger partial charge is 0.460 e. The summed E-state index contributed by atoms with van der Waals surface area (Å²) < 4.78 is 50.3. The highest BCUT2D eigenvalue weighted by Crippen LogP contribution is 2.25. The number of hydrogen-bond acceptors (Lipinski definition) is 1. The minimum atomic E-state index is -4.37. The van der Waals surface area contributed by atoms with Crippen LogP contribution >= 0.6 is 0 Å². The fourth-order valence-corrected chi connectivity index (χ4v) is 1.35. The number of hydrogen-bond donors (Lipinski definition) is 0. The maximum Gasteiger partial charge on any atom is 0.460 e. The molecule has 0 atom stereocenters. The van der Waals surface area contributed by atoms with Gasteiger partial charge in [-0.1, -0.05) is 12.1 Å². The summed E-state index contributed by atoms with van der Waals surface area (Å²) in [5, 5.41) is 0. The van der Waals surface area contributed by atoms with Crippen LogP contribution in [0.15, 0.2) is 24.3 Å². The molecule has 0 amide bonds. The molecule has 0 N–H and O–H groups in total. The predicted octanol–water partition coefficient (Wildman–Crippen LogP) is 3.56. The summed E-state index contributed by atoms with van der Waals surface area (Å²) in [6.45, 7) is 2.68. The summed E-state index contributed by atoms with van der Waals surface area (Å²) in [5.74, 6) is -0.452. The highest BCUT2D eigenvalue weighted by molar-refractivity contribution is 5.16. The molecular weight excluding hydrogens is 222 g/mol. The van der Waals surface area contributed by atoms with E-state index in [0.29, 0.717) is 10.5 Å². The molecule has 0 aromatic heterocycles. The molecule has 0 aliphatic heterocycles. The molecule has 16 heavy (non-hydrogen) atoms. The minimum Gasteiger partial charge on any atom is -0.208 e. The molecule has 0 unspecified atom stereocenters. The van der Waals surface area contributed by atoms with E-state index in [9.17, 15) is 17.6 Å². The van der Waals surface area contributed by atoms with Crippen molar-refractivity contribution in [2.75, 3.05) is 0 Å². The van der Waals surface area contributed by atoms with Crippen LogP contribution in [0.3, 0.4) is 0 Å². The minimum absolute atomic E-state index is 0.262. The third-order valence-electron chi connectivity index (χ3n) is 2.22. The fourth-order valence-electron chi connectivity index (χ4n) is 1.35. The first-order chi connectivity index (χ1) is 7.30. The molecule has 90 valence electrons. The number of benzene rings is 1. The molecule has 0 fully saturated rings. The van der Waals surface area contributed by atoms with Crippen LogP contribution in [0, 0.1) is 5.82 Å². The van der Waals surface area contributed by atoms with Crippen molar-refractivity contribution in [3.05, 3.63) is 35.6 Å². The molecule has 1 aromatic carbocycles. The van der Waals surface area contributed by atoms with E-state index >= 15 is 0 Å². The molecule has 0 heterocycles. The van der Waals surface area contributed by atoms with Crippen molar-refractivity contribution in [2.45, 2.75) is 32.7 Å². The van der Waals surface area contributed by atoms with Crippen LogP contribution < -0.4 is 0 Å². The normalized spacial score (nSPS) is 12.5. The van der Waals surface area contributed by atoms with E-state index in [1.807, 2.05) is 0 Å². The number of halogens is 4. The summed E-state index contributed by atoms with van der Waals surface area (Å²) in [4.78, 5) is 0.403. The van der Waals surface area contributed by atoms with E-state index in [1.165, 1.54) is 26.0 Å². The van der Waals surface area contributed by atoms with Gasteiger partial charge in [0.05, 0.1) is 0 Å². The Morgan fingerprint density at radius 1 is 1.12 bits per heavy atom. The monoisotopic (exact) mass is 235 g/mol. The standard InChI is InChI=1S/C11H13F4N/c1-8(2)16(11(13,14)15)7-9-3-5-10(12)6-4-9/h3-6,8H,7H2,1-2H3. The zero-order chi connectivity index (χ0) is 12.3. The maximum atomic E-state index is 12.6. The van der Waals surface area contributed by atoms with Crippen LogP contribution in [0.2, 0.25) is 0 Å². The Hall–Kier alpha value is -1.10. The molecule has 0 saturated heterocycles. The van der Waals surface area contributed by atoms with Crippen LogP contribution in [-0.4, -0.2) is 17.2 Å². The van der Waals surface area contributed by atoms with Gasteiger partial charge in [0, 0.05) is 12.6 Å². The second-order valence-corrected chi connectivity index (χ2v) is 3.82. The van der Waals surface area contributed by atoms with E-state index < -0.39 is 18.2 Å². The Kier molecular flexibility index (Phi) is 3.91. The maximum absolute atomic E-state index is 12.6. The Labute approximate surface area is 91.7 Å². The second kappa shape index (κ2) is 4.82. The third-order valence-corrected chi connectivity index (χ3v) is 2.22. The number of nitrogens with zero attached hydrogens (tertiary/aromatic N) is 1. The average Bonchev–Trinajstić information content (AvgIpc) is 2.14. The van der Waals surface area contributed by atoms with Crippen molar-refractivity contribution in [1.82, 2.24) is 4.90 Å². The lowest BCUT2D eigenvalue weighted by Crippen LogP contribution is -2.42. The fraction of sp³-hybridized carbons (Fsp3) is 0.455. The Balaban J connectivity index is 2.80. The smallest absolute Gasteiger partial charge is 0.208 e. The first-order valence-electron chi connectivity index (χ1n) is 4.88. The van der Waals surface area contributed by atoms with E-state index in [2.05, 4.69) is 0 Å². The molecule has 5 heteroatoms. The summed E-state index contributed by atoms with van der Waals surface area (Å²) in [6, 6.07) is 4.38. The van der Waals surface area contributed by atoms with Gasteiger partial charge in [-0.2, -0.15) is 13.2 Å². The van der Waals surface area contributed by atoms with Crippen molar-refractivity contribution >= 4 is 0 Å². The van der Waals surface area contributed by atoms with Crippen LogP contribution in [0.1, 0.15) is 19.4 Å².